The summed E-state index contributed by atoms with van der Waals surface area (Å²) in [4.78, 5) is 29.4. The molecule has 15 heteroatoms. The molecule has 38 heavy (non-hydrogen) atoms. The van der Waals surface area contributed by atoms with Crippen molar-refractivity contribution in [1.82, 2.24) is 0 Å². The first-order valence-electron chi connectivity index (χ1n) is 10.5. The molecule has 0 radical (unpaired) electrons. The zero-order valence-corrected chi connectivity index (χ0v) is 21.1. The molecule has 5 N–H and O–H groups in total. The molecule has 0 bridgehead atoms. The number of hydrogen-bond acceptors (Lipinski definition) is 11. The molecule has 0 unspecified atom stereocenters. The van der Waals surface area contributed by atoms with E-state index < -0.39 is 14.8 Å². The lowest BCUT2D eigenvalue weighted by atomic mass is 10.1. The Morgan fingerprint density at radius 2 is 1.11 bits per heavy atom. The summed E-state index contributed by atoms with van der Waals surface area (Å²) in [5, 5.41) is 67.3. The molecule has 0 fully saturated rings. The standard InChI is InChI=1S/C8H10N2O3.C8H6N2O3.C7H6BrNO3/c2*9-4-3-6-5-7(10(12)13)1-2-8(6)11;8-4-5-3-6(9(11)12)1-2-7(5)10/h1-2,5,11H,3-4,9H2;1-2,5,11H,3H2;1-3,10H,4H2. The Balaban J connectivity index is 0.000000285. The van der Waals surface area contributed by atoms with Crippen molar-refractivity contribution in [2.24, 2.45) is 5.73 Å². The minimum absolute atomic E-state index is 0.0118. The minimum atomic E-state index is -0.569. The van der Waals surface area contributed by atoms with Crippen molar-refractivity contribution >= 4 is 33.0 Å². The summed E-state index contributed by atoms with van der Waals surface area (Å²) in [5.41, 5.74) is 6.42. The highest BCUT2D eigenvalue weighted by atomic mass is 79.9. The molecule has 3 rings (SSSR count). The van der Waals surface area contributed by atoms with Gasteiger partial charge in [0, 0.05) is 58.4 Å². The Bertz CT molecular complexity index is 1350. The van der Waals surface area contributed by atoms with Crippen LogP contribution in [-0.4, -0.2) is 36.6 Å². The number of rotatable bonds is 7. The van der Waals surface area contributed by atoms with Gasteiger partial charge in [0.1, 0.15) is 17.2 Å². The fraction of sp³-hybridized carbons (Fsp3) is 0.174. The Kier molecular flexibility index (Phi) is 12.6. The molecule has 0 aliphatic rings. The lowest BCUT2D eigenvalue weighted by molar-refractivity contribution is -0.385. The molecule has 0 aromatic heterocycles. The van der Waals surface area contributed by atoms with E-state index in [1.807, 2.05) is 6.07 Å². The highest BCUT2D eigenvalue weighted by Gasteiger charge is 2.10. The summed E-state index contributed by atoms with van der Waals surface area (Å²) in [5.74, 6) is 0.0284. The van der Waals surface area contributed by atoms with E-state index in [1.54, 1.807) is 0 Å². The third-order valence-corrected chi connectivity index (χ3v) is 5.25. The SMILES string of the molecule is N#CCc1cc([N+](=O)[O-])ccc1O.NCCc1cc([N+](=O)[O-])ccc1O.O=[N+]([O-])c1ccc(O)c(CBr)c1. The van der Waals surface area contributed by atoms with Gasteiger partial charge in [-0.05, 0) is 31.2 Å². The van der Waals surface area contributed by atoms with Gasteiger partial charge in [0.2, 0.25) is 0 Å². The number of benzene rings is 3. The first kappa shape index (κ1) is 31.2. The summed E-state index contributed by atoms with van der Waals surface area (Å²) in [6, 6.07) is 13.2. The molecule has 0 atom stereocenters. The number of nitro benzene ring substituents is 3. The number of nitro groups is 3. The van der Waals surface area contributed by atoms with E-state index in [2.05, 4.69) is 15.9 Å². The molecular weight excluding hydrogens is 570 g/mol. The van der Waals surface area contributed by atoms with Crippen LogP contribution in [-0.2, 0) is 18.2 Å². The summed E-state index contributed by atoms with van der Waals surface area (Å²) >= 11 is 3.11. The first-order chi connectivity index (χ1) is 17.9. The van der Waals surface area contributed by atoms with E-state index in [0.717, 1.165) is 0 Å². The van der Waals surface area contributed by atoms with Gasteiger partial charge in [0.25, 0.3) is 17.1 Å². The van der Waals surface area contributed by atoms with Gasteiger partial charge < -0.3 is 21.1 Å². The van der Waals surface area contributed by atoms with Gasteiger partial charge in [-0.15, -0.1) is 0 Å². The summed E-state index contributed by atoms with van der Waals surface area (Å²) in [7, 11) is 0. The van der Waals surface area contributed by atoms with Crippen LogP contribution in [0.25, 0.3) is 0 Å². The van der Waals surface area contributed by atoms with Crippen LogP contribution in [0, 0.1) is 41.7 Å². The molecule has 0 amide bonds. The van der Waals surface area contributed by atoms with E-state index in [9.17, 15) is 40.6 Å². The number of nitrogens with two attached hydrogens (primary N) is 1. The predicted octanol–water partition coefficient (Wildman–Crippen LogP) is 4.36. The number of hydrogen-bond donors (Lipinski definition) is 4. The number of nitrogens with zero attached hydrogens (tertiary/aromatic N) is 4. The van der Waals surface area contributed by atoms with Crippen molar-refractivity contribution in [1.29, 1.82) is 5.26 Å². The lowest BCUT2D eigenvalue weighted by Crippen LogP contribution is -2.03. The van der Waals surface area contributed by atoms with E-state index in [4.69, 9.17) is 16.1 Å². The first-order valence-corrected chi connectivity index (χ1v) is 11.6. The van der Waals surface area contributed by atoms with Gasteiger partial charge >= 0.3 is 0 Å². The molecule has 3 aromatic rings. The zero-order valence-electron chi connectivity index (χ0n) is 19.6. The summed E-state index contributed by atoms with van der Waals surface area (Å²) < 4.78 is 0. The van der Waals surface area contributed by atoms with Crippen LogP contribution < -0.4 is 5.73 Å². The smallest absolute Gasteiger partial charge is 0.270 e. The van der Waals surface area contributed by atoms with Gasteiger partial charge in [-0.3, -0.25) is 30.3 Å². The fourth-order valence-corrected chi connectivity index (χ4v) is 3.20. The van der Waals surface area contributed by atoms with Gasteiger partial charge in [-0.2, -0.15) is 5.26 Å². The number of alkyl halides is 1. The topological polar surface area (TPSA) is 240 Å². The quantitative estimate of drug-likeness (QED) is 0.171. The molecule has 0 spiro atoms. The van der Waals surface area contributed by atoms with Gasteiger partial charge in [-0.1, -0.05) is 15.9 Å². The van der Waals surface area contributed by atoms with Crippen molar-refractivity contribution in [3.05, 3.63) is 102 Å². The molecule has 200 valence electrons. The van der Waals surface area contributed by atoms with Gasteiger partial charge in [0.15, 0.2) is 0 Å². The molecule has 3 aromatic carbocycles. The van der Waals surface area contributed by atoms with E-state index in [-0.39, 0.29) is 46.3 Å². The number of aromatic hydroxyl groups is 3. The average Bonchev–Trinajstić information content (AvgIpc) is 2.87. The molecule has 14 nitrogen and oxygen atoms in total. The highest BCUT2D eigenvalue weighted by Crippen LogP contribution is 2.25. The van der Waals surface area contributed by atoms with Crippen LogP contribution in [0.3, 0.4) is 0 Å². The Morgan fingerprint density at radius 3 is 1.47 bits per heavy atom. The van der Waals surface area contributed by atoms with Crippen LogP contribution in [0.4, 0.5) is 17.1 Å². The van der Waals surface area contributed by atoms with Crippen LogP contribution in [0.1, 0.15) is 16.7 Å². The lowest BCUT2D eigenvalue weighted by Gasteiger charge is -2.01. The van der Waals surface area contributed by atoms with Crippen LogP contribution in [0.2, 0.25) is 0 Å². The second-order valence-electron chi connectivity index (χ2n) is 7.22. The van der Waals surface area contributed by atoms with Crippen molar-refractivity contribution in [3.63, 3.8) is 0 Å². The largest absolute Gasteiger partial charge is 0.508 e. The Labute approximate surface area is 223 Å². The summed E-state index contributed by atoms with van der Waals surface area (Å²) in [6.45, 7) is 0.356. The normalized spacial score (nSPS) is 9.61. The van der Waals surface area contributed by atoms with E-state index >= 15 is 0 Å². The number of non-ortho nitro benzene ring substituents is 3. The third kappa shape index (κ3) is 9.68. The van der Waals surface area contributed by atoms with Gasteiger partial charge in [0.05, 0.1) is 27.3 Å². The van der Waals surface area contributed by atoms with Crippen molar-refractivity contribution < 1.29 is 30.1 Å². The Morgan fingerprint density at radius 1 is 0.737 bits per heavy atom. The number of nitriles is 1. The molecule has 0 aliphatic carbocycles. The number of phenols is 3. The van der Waals surface area contributed by atoms with Crippen LogP contribution in [0.15, 0.2) is 54.6 Å². The maximum absolute atomic E-state index is 10.4. The predicted molar refractivity (Wildman–Crippen MR) is 139 cm³/mol. The van der Waals surface area contributed by atoms with E-state index in [0.29, 0.717) is 29.4 Å². The minimum Gasteiger partial charge on any atom is -0.508 e. The maximum Gasteiger partial charge on any atom is 0.270 e. The van der Waals surface area contributed by atoms with E-state index in [1.165, 1.54) is 54.6 Å². The fourth-order valence-electron chi connectivity index (χ4n) is 2.75. The van der Waals surface area contributed by atoms with Crippen molar-refractivity contribution in [3.8, 4) is 23.3 Å². The molecule has 0 saturated heterocycles. The monoisotopic (exact) mass is 591 g/mol. The average molecular weight is 592 g/mol. The van der Waals surface area contributed by atoms with Crippen molar-refractivity contribution in [2.45, 2.75) is 18.2 Å². The van der Waals surface area contributed by atoms with Crippen LogP contribution in [0.5, 0.6) is 17.2 Å². The third-order valence-electron chi connectivity index (χ3n) is 4.65. The highest BCUT2D eigenvalue weighted by molar-refractivity contribution is 9.08. The maximum atomic E-state index is 10.4. The molecule has 0 saturated carbocycles. The zero-order chi connectivity index (χ0) is 28.8. The van der Waals surface area contributed by atoms with Crippen LogP contribution >= 0.6 is 15.9 Å². The molecule has 0 heterocycles. The van der Waals surface area contributed by atoms with Crippen molar-refractivity contribution in [2.75, 3.05) is 6.54 Å². The number of halogens is 1. The second-order valence-corrected chi connectivity index (χ2v) is 7.78. The van der Waals surface area contributed by atoms with Gasteiger partial charge in [-0.25, -0.2) is 0 Å². The molecular formula is C23H22BrN5O9. The molecule has 0 aliphatic heterocycles. The summed E-state index contributed by atoms with van der Waals surface area (Å²) in [6.07, 6.45) is 0.404. The Hall–Kier alpha value is -4.81. The second kappa shape index (κ2) is 15.3. The number of phenolic OH excluding ortho intramolecular Hbond substituents is 3.